The lowest BCUT2D eigenvalue weighted by atomic mass is 9.77. The van der Waals surface area contributed by atoms with Gasteiger partial charge in [0.05, 0.1) is 19.6 Å². The third-order valence-electron chi connectivity index (χ3n) is 6.75. The molecule has 1 aliphatic carbocycles. The van der Waals surface area contributed by atoms with Crippen LogP contribution in [0.15, 0.2) is 83.5 Å². The average molecular weight is 500 g/mol. The first-order valence-corrected chi connectivity index (χ1v) is 12.4. The number of benzene rings is 3. The molecule has 0 saturated heterocycles. The van der Waals surface area contributed by atoms with Crippen LogP contribution in [0.2, 0.25) is 0 Å². The second-order valence-corrected chi connectivity index (χ2v) is 8.98. The quantitative estimate of drug-likeness (QED) is 0.442. The number of allylic oxidation sites excluding steroid dienone is 2. The minimum Gasteiger partial charge on any atom is -0.490 e. The summed E-state index contributed by atoms with van der Waals surface area (Å²) < 4.78 is 22.9. The third kappa shape index (κ3) is 4.65. The minimum absolute atomic E-state index is 0.0421. The summed E-state index contributed by atoms with van der Waals surface area (Å²) >= 11 is 0. The van der Waals surface area contributed by atoms with Crippen molar-refractivity contribution in [3.63, 3.8) is 0 Å². The standard InChI is InChI=1S/C30H29NO6/c1-3-35-25-16-19(14-15-23(25)36-17-20-10-6-9-18-8-4-5-11-21(18)20)26-27-22(32)12-7-13-24(27)37-29(31)28(26)30(33)34-2/h4-6,8-11,14-16,26H,3,7,12-13,17,31H2,1-2H3/t26-/m1/s1. The van der Waals surface area contributed by atoms with Gasteiger partial charge in [0.15, 0.2) is 17.3 Å². The molecule has 37 heavy (non-hydrogen) atoms. The van der Waals surface area contributed by atoms with Crippen LogP contribution in [0.3, 0.4) is 0 Å². The van der Waals surface area contributed by atoms with Crippen molar-refractivity contribution < 1.29 is 28.5 Å². The molecule has 7 heteroatoms. The molecule has 0 amide bonds. The van der Waals surface area contributed by atoms with Gasteiger partial charge in [-0.3, -0.25) is 4.79 Å². The maximum Gasteiger partial charge on any atom is 0.340 e. The van der Waals surface area contributed by atoms with Crippen molar-refractivity contribution in [1.29, 1.82) is 0 Å². The molecular weight excluding hydrogens is 470 g/mol. The van der Waals surface area contributed by atoms with Gasteiger partial charge in [-0.1, -0.05) is 48.5 Å². The fourth-order valence-electron chi connectivity index (χ4n) is 5.06. The summed E-state index contributed by atoms with van der Waals surface area (Å²) in [6, 6.07) is 19.7. The molecular formula is C30H29NO6. The van der Waals surface area contributed by atoms with E-state index in [-0.39, 0.29) is 17.2 Å². The van der Waals surface area contributed by atoms with Gasteiger partial charge < -0.3 is 24.7 Å². The molecule has 0 fully saturated rings. The van der Waals surface area contributed by atoms with E-state index in [1.54, 1.807) is 12.1 Å². The van der Waals surface area contributed by atoms with E-state index in [9.17, 15) is 9.59 Å². The van der Waals surface area contributed by atoms with E-state index in [0.717, 1.165) is 16.3 Å². The van der Waals surface area contributed by atoms with Crippen LogP contribution in [0, 0.1) is 0 Å². The number of nitrogens with two attached hydrogens (primary N) is 1. The molecule has 7 nitrogen and oxygen atoms in total. The fraction of sp³-hybridized carbons (Fsp3) is 0.267. The number of carbonyl (C=O) groups excluding carboxylic acids is 2. The van der Waals surface area contributed by atoms with E-state index in [2.05, 4.69) is 18.2 Å². The summed E-state index contributed by atoms with van der Waals surface area (Å²) in [4.78, 5) is 25.8. The maximum absolute atomic E-state index is 13.0. The van der Waals surface area contributed by atoms with Gasteiger partial charge in [-0.25, -0.2) is 4.79 Å². The molecule has 0 bridgehead atoms. The monoisotopic (exact) mass is 499 g/mol. The Labute approximate surface area is 215 Å². The molecule has 1 atom stereocenters. The SMILES string of the molecule is CCOc1cc([C@H]2C(C(=O)OC)=C(N)OC3=C2C(=O)CCC3)ccc1OCc1cccc2ccccc12. The van der Waals surface area contributed by atoms with E-state index in [4.69, 9.17) is 24.7 Å². The highest BCUT2D eigenvalue weighted by Crippen LogP contribution is 2.45. The Morgan fingerprint density at radius 1 is 1.03 bits per heavy atom. The number of carbonyl (C=O) groups is 2. The van der Waals surface area contributed by atoms with Crippen LogP contribution < -0.4 is 15.2 Å². The number of ether oxygens (including phenoxy) is 4. The summed E-state index contributed by atoms with van der Waals surface area (Å²) in [5.74, 6) is 0.137. The van der Waals surface area contributed by atoms with Crippen molar-refractivity contribution in [2.24, 2.45) is 5.73 Å². The second kappa shape index (κ2) is 10.4. The van der Waals surface area contributed by atoms with Crippen molar-refractivity contribution in [3.8, 4) is 11.5 Å². The van der Waals surface area contributed by atoms with Crippen LogP contribution in [0.4, 0.5) is 0 Å². The van der Waals surface area contributed by atoms with E-state index in [1.165, 1.54) is 7.11 Å². The van der Waals surface area contributed by atoms with Crippen LogP contribution in [0.5, 0.6) is 11.5 Å². The zero-order valence-electron chi connectivity index (χ0n) is 20.9. The Morgan fingerprint density at radius 2 is 1.84 bits per heavy atom. The Hall–Kier alpha value is -4.26. The predicted octanol–water partition coefficient (Wildman–Crippen LogP) is 5.28. The molecule has 1 heterocycles. The van der Waals surface area contributed by atoms with Gasteiger partial charge in [-0.05, 0) is 47.4 Å². The molecule has 190 valence electrons. The van der Waals surface area contributed by atoms with Gasteiger partial charge >= 0.3 is 5.97 Å². The van der Waals surface area contributed by atoms with Crippen LogP contribution in [-0.2, 0) is 25.7 Å². The van der Waals surface area contributed by atoms with Gasteiger partial charge in [0.25, 0.3) is 0 Å². The van der Waals surface area contributed by atoms with Crippen molar-refractivity contribution in [1.82, 2.24) is 0 Å². The largest absolute Gasteiger partial charge is 0.490 e. The Bertz CT molecular complexity index is 1430. The van der Waals surface area contributed by atoms with Crippen molar-refractivity contribution >= 4 is 22.5 Å². The van der Waals surface area contributed by atoms with Crippen LogP contribution >= 0.6 is 0 Å². The molecule has 3 aromatic rings. The van der Waals surface area contributed by atoms with Gasteiger partial charge in [-0.15, -0.1) is 0 Å². The van der Waals surface area contributed by atoms with Crippen LogP contribution in [0.1, 0.15) is 43.2 Å². The number of esters is 1. The predicted molar refractivity (Wildman–Crippen MR) is 139 cm³/mol. The summed E-state index contributed by atoms with van der Waals surface area (Å²) in [6.07, 6.45) is 1.64. The highest BCUT2D eigenvalue weighted by molar-refractivity contribution is 6.03. The third-order valence-corrected chi connectivity index (χ3v) is 6.75. The topological polar surface area (TPSA) is 97.1 Å². The first kappa shape index (κ1) is 24.4. The molecule has 0 unspecified atom stereocenters. The first-order valence-electron chi connectivity index (χ1n) is 12.4. The Kier molecular flexibility index (Phi) is 6.86. The molecule has 1 aliphatic heterocycles. The zero-order chi connectivity index (χ0) is 25.9. The molecule has 2 N–H and O–H groups in total. The summed E-state index contributed by atoms with van der Waals surface area (Å²) in [5.41, 5.74) is 8.47. The highest BCUT2D eigenvalue weighted by atomic mass is 16.5. The Morgan fingerprint density at radius 3 is 2.65 bits per heavy atom. The van der Waals surface area contributed by atoms with E-state index >= 15 is 0 Å². The van der Waals surface area contributed by atoms with E-state index in [1.807, 2.05) is 37.3 Å². The zero-order valence-corrected chi connectivity index (χ0v) is 20.9. The summed E-state index contributed by atoms with van der Waals surface area (Å²) in [5, 5.41) is 2.27. The second-order valence-electron chi connectivity index (χ2n) is 8.98. The van der Waals surface area contributed by atoms with E-state index in [0.29, 0.717) is 60.9 Å². The molecule has 3 aromatic carbocycles. The van der Waals surface area contributed by atoms with Crippen LogP contribution in [0.25, 0.3) is 10.8 Å². The molecule has 5 rings (SSSR count). The van der Waals surface area contributed by atoms with Crippen LogP contribution in [-0.4, -0.2) is 25.5 Å². The molecule has 0 radical (unpaired) electrons. The summed E-state index contributed by atoms with van der Waals surface area (Å²) in [7, 11) is 1.28. The van der Waals surface area contributed by atoms with E-state index < -0.39 is 11.9 Å². The Balaban J connectivity index is 1.52. The number of methoxy groups -OCH3 is 1. The lowest BCUT2D eigenvalue weighted by molar-refractivity contribution is -0.136. The number of Topliss-reactive ketones (excluding diaryl/α,β-unsaturated/α-hetero) is 1. The lowest BCUT2D eigenvalue weighted by Gasteiger charge is -2.32. The normalized spacial score (nSPS) is 17.4. The minimum atomic E-state index is -0.713. The lowest BCUT2D eigenvalue weighted by Crippen LogP contribution is -2.31. The highest BCUT2D eigenvalue weighted by Gasteiger charge is 2.41. The molecule has 0 saturated carbocycles. The average Bonchev–Trinajstić information content (AvgIpc) is 2.91. The first-order chi connectivity index (χ1) is 18.0. The molecule has 0 spiro atoms. The number of ketones is 1. The fourth-order valence-corrected chi connectivity index (χ4v) is 5.06. The van der Waals surface area contributed by atoms with Gasteiger partial charge in [0.2, 0.25) is 5.88 Å². The number of rotatable bonds is 7. The molecule has 2 aliphatic rings. The molecule has 0 aromatic heterocycles. The van der Waals surface area contributed by atoms with Gasteiger partial charge in [0.1, 0.15) is 17.9 Å². The van der Waals surface area contributed by atoms with Gasteiger partial charge in [0, 0.05) is 18.4 Å². The maximum atomic E-state index is 13.0. The smallest absolute Gasteiger partial charge is 0.340 e. The van der Waals surface area contributed by atoms with Crippen molar-refractivity contribution in [2.45, 2.75) is 38.7 Å². The van der Waals surface area contributed by atoms with Gasteiger partial charge in [-0.2, -0.15) is 0 Å². The number of hydrogen-bond donors (Lipinski definition) is 1. The van der Waals surface area contributed by atoms with Crippen molar-refractivity contribution in [2.75, 3.05) is 13.7 Å². The number of fused-ring (bicyclic) bond motifs is 1. The van der Waals surface area contributed by atoms with Crippen molar-refractivity contribution in [3.05, 3.63) is 94.6 Å². The number of hydrogen-bond acceptors (Lipinski definition) is 7. The summed E-state index contributed by atoms with van der Waals surface area (Å²) in [6.45, 7) is 2.65.